The molecule has 4 rings (SSSR count). The first-order valence-corrected chi connectivity index (χ1v) is 8.01. The first-order valence-electron chi connectivity index (χ1n) is 8.01. The highest BCUT2D eigenvalue weighted by atomic mass is 16.5. The fourth-order valence-corrected chi connectivity index (χ4v) is 2.72. The van der Waals surface area contributed by atoms with E-state index in [1.54, 1.807) is 12.4 Å². The monoisotopic (exact) mass is 328 g/mol. The molecule has 4 aromatic rings. The Hall–Kier alpha value is -3.24. The van der Waals surface area contributed by atoms with E-state index in [-0.39, 0.29) is 6.61 Å². The van der Waals surface area contributed by atoms with Crippen LogP contribution in [0.5, 0.6) is 11.6 Å². The minimum absolute atomic E-state index is 0.0394. The van der Waals surface area contributed by atoms with Gasteiger partial charge in [0.15, 0.2) is 0 Å². The molecule has 0 atom stereocenters. The van der Waals surface area contributed by atoms with E-state index in [2.05, 4.69) is 9.97 Å². The van der Waals surface area contributed by atoms with Gasteiger partial charge < -0.3 is 9.84 Å². The molecule has 2 aromatic carbocycles. The van der Waals surface area contributed by atoms with Crippen molar-refractivity contribution in [2.45, 2.75) is 6.61 Å². The fraction of sp³-hybridized carbons (Fsp3) is 0.0476. The van der Waals surface area contributed by atoms with Gasteiger partial charge in [-0.15, -0.1) is 0 Å². The lowest BCUT2D eigenvalue weighted by atomic mass is 10.0. The summed E-state index contributed by atoms with van der Waals surface area (Å²) in [7, 11) is 0. The van der Waals surface area contributed by atoms with Crippen LogP contribution < -0.4 is 4.74 Å². The quantitative estimate of drug-likeness (QED) is 0.596. The van der Waals surface area contributed by atoms with Crippen molar-refractivity contribution >= 4 is 10.9 Å². The number of benzene rings is 2. The Morgan fingerprint density at radius 1 is 0.920 bits per heavy atom. The van der Waals surface area contributed by atoms with Crippen LogP contribution in [-0.4, -0.2) is 15.1 Å². The number of aliphatic hydroxyl groups is 1. The Labute approximate surface area is 145 Å². The zero-order valence-electron chi connectivity index (χ0n) is 13.5. The van der Waals surface area contributed by atoms with Gasteiger partial charge in [-0.3, -0.25) is 4.98 Å². The van der Waals surface area contributed by atoms with E-state index in [4.69, 9.17) is 4.74 Å². The van der Waals surface area contributed by atoms with Crippen LogP contribution in [0.2, 0.25) is 0 Å². The van der Waals surface area contributed by atoms with E-state index >= 15 is 0 Å². The van der Waals surface area contributed by atoms with Crippen molar-refractivity contribution in [3.05, 3.63) is 84.7 Å². The highest BCUT2D eigenvalue weighted by molar-refractivity contribution is 5.78. The van der Waals surface area contributed by atoms with Gasteiger partial charge in [-0.05, 0) is 29.3 Å². The summed E-state index contributed by atoms with van der Waals surface area (Å²) in [6.45, 7) is -0.0394. The van der Waals surface area contributed by atoms with Gasteiger partial charge in [0.25, 0.3) is 0 Å². The SMILES string of the molecule is OCc1ccc(-c2ccccc2)c(Oc2ccc3cnccc3n2)c1. The lowest BCUT2D eigenvalue weighted by molar-refractivity contribution is 0.281. The van der Waals surface area contributed by atoms with Gasteiger partial charge >= 0.3 is 0 Å². The maximum Gasteiger partial charge on any atom is 0.219 e. The number of rotatable bonds is 4. The number of hydrogen-bond donors (Lipinski definition) is 1. The van der Waals surface area contributed by atoms with Gasteiger partial charge in [0, 0.05) is 29.4 Å². The molecular formula is C21H16N2O2. The Bertz CT molecular complexity index is 1020. The maximum atomic E-state index is 9.45. The maximum absolute atomic E-state index is 9.45. The van der Waals surface area contributed by atoms with Gasteiger partial charge in [-0.2, -0.15) is 0 Å². The van der Waals surface area contributed by atoms with Crippen molar-refractivity contribution in [3.63, 3.8) is 0 Å². The van der Waals surface area contributed by atoms with Crippen molar-refractivity contribution < 1.29 is 9.84 Å². The zero-order chi connectivity index (χ0) is 17.1. The molecule has 0 amide bonds. The normalized spacial score (nSPS) is 10.8. The predicted octanol–water partition coefficient (Wildman–Crippen LogP) is 4.58. The van der Waals surface area contributed by atoms with Crippen LogP contribution in [0.25, 0.3) is 22.0 Å². The first kappa shape index (κ1) is 15.3. The van der Waals surface area contributed by atoms with Crippen LogP contribution in [0, 0.1) is 0 Å². The van der Waals surface area contributed by atoms with Crippen LogP contribution >= 0.6 is 0 Å². The molecule has 0 saturated carbocycles. The smallest absolute Gasteiger partial charge is 0.219 e. The van der Waals surface area contributed by atoms with Gasteiger partial charge in [0.05, 0.1) is 12.1 Å². The molecule has 122 valence electrons. The summed E-state index contributed by atoms with van der Waals surface area (Å²) in [6.07, 6.45) is 3.48. The van der Waals surface area contributed by atoms with Crippen LogP contribution in [-0.2, 0) is 6.61 Å². The third kappa shape index (κ3) is 3.20. The third-order valence-corrected chi connectivity index (χ3v) is 3.99. The van der Waals surface area contributed by atoms with E-state index in [1.165, 1.54) is 0 Å². The number of pyridine rings is 2. The number of fused-ring (bicyclic) bond motifs is 1. The molecular weight excluding hydrogens is 312 g/mol. The average Bonchev–Trinajstić information content (AvgIpc) is 2.68. The van der Waals surface area contributed by atoms with E-state index in [0.29, 0.717) is 11.6 Å². The molecule has 1 N–H and O–H groups in total. The fourth-order valence-electron chi connectivity index (χ4n) is 2.72. The minimum Gasteiger partial charge on any atom is -0.438 e. The van der Waals surface area contributed by atoms with Gasteiger partial charge in [0.1, 0.15) is 5.75 Å². The average molecular weight is 328 g/mol. The van der Waals surface area contributed by atoms with Crippen molar-refractivity contribution in [1.82, 2.24) is 9.97 Å². The molecule has 25 heavy (non-hydrogen) atoms. The summed E-state index contributed by atoms with van der Waals surface area (Å²) in [6, 6.07) is 21.3. The molecule has 4 heteroatoms. The Morgan fingerprint density at radius 3 is 2.64 bits per heavy atom. The van der Waals surface area contributed by atoms with E-state index in [9.17, 15) is 5.11 Å². The molecule has 0 saturated heterocycles. The highest BCUT2D eigenvalue weighted by Crippen LogP contribution is 2.34. The van der Waals surface area contributed by atoms with E-state index in [0.717, 1.165) is 27.6 Å². The molecule has 0 aliphatic rings. The van der Waals surface area contributed by atoms with Crippen LogP contribution in [0.4, 0.5) is 0 Å². The van der Waals surface area contributed by atoms with Gasteiger partial charge in [-0.1, -0.05) is 42.5 Å². The van der Waals surface area contributed by atoms with Crippen LogP contribution in [0.15, 0.2) is 79.1 Å². The molecule has 0 spiro atoms. The number of aliphatic hydroxyl groups excluding tert-OH is 1. The third-order valence-electron chi connectivity index (χ3n) is 3.99. The summed E-state index contributed by atoms with van der Waals surface area (Å²) in [5.74, 6) is 1.17. The highest BCUT2D eigenvalue weighted by Gasteiger charge is 2.10. The van der Waals surface area contributed by atoms with E-state index < -0.39 is 0 Å². The van der Waals surface area contributed by atoms with Gasteiger partial charge in [0.2, 0.25) is 5.88 Å². The Morgan fingerprint density at radius 2 is 1.80 bits per heavy atom. The number of hydrogen-bond acceptors (Lipinski definition) is 4. The van der Waals surface area contributed by atoms with Crippen molar-refractivity contribution in [2.75, 3.05) is 0 Å². The standard InChI is InChI=1S/C21H16N2O2/c24-14-15-6-8-18(16-4-2-1-3-5-16)20(12-15)25-21-9-7-17-13-22-11-10-19(17)23-21/h1-13,24H,14H2. The number of ether oxygens (including phenoxy) is 1. The molecule has 0 aliphatic carbocycles. The van der Waals surface area contributed by atoms with Crippen molar-refractivity contribution in [1.29, 1.82) is 0 Å². The van der Waals surface area contributed by atoms with Gasteiger partial charge in [-0.25, -0.2) is 4.98 Å². The molecule has 0 unspecified atom stereocenters. The van der Waals surface area contributed by atoms with Crippen molar-refractivity contribution in [2.24, 2.45) is 0 Å². The summed E-state index contributed by atoms with van der Waals surface area (Å²) in [4.78, 5) is 8.63. The predicted molar refractivity (Wildman–Crippen MR) is 97.4 cm³/mol. The number of nitrogens with zero attached hydrogens (tertiary/aromatic N) is 2. The molecule has 4 nitrogen and oxygen atoms in total. The zero-order valence-corrected chi connectivity index (χ0v) is 13.5. The van der Waals surface area contributed by atoms with Crippen LogP contribution in [0.1, 0.15) is 5.56 Å². The molecule has 2 heterocycles. The summed E-state index contributed by atoms with van der Waals surface area (Å²) in [5, 5.41) is 10.4. The lowest BCUT2D eigenvalue weighted by Crippen LogP contribution is -1.94. The molecule has 0 fully saturated rings. The molecule has 0 radical (unpaired) electrons. The Kier molecular flexibility index (Phi) is 4.11. The second kappa shape index (κ2) is 6.71. The topological polar surface area (TPSA) is 55.2 Å². The number of aromatic nitrogens is 2. The van der Waals surface area contributed by atoms with E-state index in [1.807, 2.05) is 66.7 Å². The van der Waals surface area contributed by atoms with Crippen molar-refractivity contribution in [3.8, 4) is 22.8 Å². The first-order chi connectivity index (χ1) is 12.3. The Balaban J connectivity index is 1.77. The molecule has 0 bridgehead atoms. The lowest BCUT2D eigenvalue weighted by Gasteiger charge is -2.12. The van der Waals surface area contributed by atoms with Crippen LogP contribution in [0.3, 0.4) is 0 Å². The second-order valence-corrected chi connectivity index (χ2v) is 5.67. The molecule has 2 aromatic heterocycles. The largest absolute Gasteiger partial charge is 0.438 e. The minimum atomic E-state index is -0.0394. The summed E-state index contributed by atoms with van der Waals surface area (Å²) < 4.78 is 6.07. The summed E-state index contributed by atoms with van der Waals surface area (Å²) in [5.41, 5.74) is 3.62. The second-order valence-electron chi connectivity index (χ2n) is 5.67. The molecule has 0 aliphatic heterocycles. The summed E-state index contributed by atoms with van der Waals surface area (Å²) >= 11 is 0.